The van der Waals surface area contributed by atoms with Gasteiger partial charge in [0.1, 0.15) is 6.04 Å². The van der Waals surface area contributed by atoms with Gasteiger partial charge in [0, 0.05) is 23.6 Å². The minimum Gasteiger partial charge on any atom is -0.481 e. The second kappa shape index (κ2) is 11.3. The Morgan fingerprint density at radius 3 is 2.00 bits per heavy atom. The lowest BCUT2D eigenvalue weighted by Crippen LogP contribution is -2.49. The third kappa shape index (κ3) is 5.76. The van der Waals surface area contributed by atoms with Gasteiger partial charge in [-0.2, -0.15) is 0 Å². The fraction of sp³-hybridized carbons (Fsp3) is 0.312. The van der Waals surface area contributed by atoms with Gasteiger partial charge in [0.15, 0.2) is 0 Å². The second-order valence-corrected chi connectivity index (χ2v) is 11.1. The number of amides is 2. The van der Waals surface area contributed by atoms with E-state index in [-0.39, 0.29) is 12.3 Å². The van der Waals surface area contributed by atoms with Crippen molar-refractivity contribution < 1.29 is 29.4 Å². The molecule has 40 heavy (non-hydrogen) atoms. The predicted octanol–water partition coefficient (Wildman–Crippen LogP) is 5.24. The van der Waals surface area contributed by atoms with Gasteiger partial charge in [-0.05, 0) is 66.1 Å². The quantitative estimate of drug-likeness (QED) is 0.292. The molecule has 0 aliphatic heterocycles. The highest BCUT2D eigenvalue weighted by Crippen LogP contribution is 2.56. The van der Waals surface area contributed by atoms with Gasteiger partial charge < -0.3 is 20.8 Å². The molecular weight excluding hydrogens is 508 g/mol. The fourth-order valence-electron chi connectivity index (χ4n) is 5.42. The number of hydrogen-bond donors (Lipinski definition) is 4. The van der Waals surface area contributed by atoms with Crippen LogP contribution in [0.3, 0.4) is 0 Å². The molecule has 208 valence electrons. The third-order valence-electron chi connectivity index (χ3n) is 8.54. The molecule has 4 rings (SSSR count). The van der Waals surface area contributed by atoms with E-state index in [2.05, 4.69) is 10.6 Å². The van der Waals surface area contributed by atoms with Gasteiger partial charge >= 0.3 is 11.9 Å². The maximum absolute atomic E-state index is 13.1. The SMILES string of the molecule is CC1(C)[C@@H](C(=O)N[C@@H](Cc2ccc(C(=O)Nc3ccc(-c4ccccc4)cc3)cc2)C(=O)O)CC[C@@]1(C)C(=O)O. The average molecular weight is 543 g/mol. The minimum absolute atomic E-state index is 0.0211. The molecule has 3 atom stereocenters. The molecule has 2 amide bonds. The molecule has 1 aliphatic carbocycles. The first-order valence-corrected chi connectivity index (χ1v) is 13.2. The van der Waals surface area contributed by atoms with Crippen LogP contribution in [-0.4, -0.2) is 40.0 Å². The normalized spacial score (nSPS) is 20.3. The van der Waals surface area contributed by atoms with Crippen molar-refractivity contribution in [3.05, 3.63) is 90.0 Å². The van der Waals surface area contributed by atoms with Crippen LogP contribution < -0.4 is 10.6 Å². The third-order valence-corrected chi connectivity index (χ3v) is 8.54. The van der Waals surface area contributed by atoms with Crippen molar-refractivity contribution in [3.8, 4) is 11.1 Å². The summed E-state index contributed by atoms with van der Waals surface area (Å²) in [5, 5.41) is 25.0. The van der Waals surface area contributed by atoms with E-state index in [9.17, 15) is 29.4 Å². The number of rotatable bonds is 9. The molecule has 3 aromatic carbocycles. The monoisotopic (exact) mass is 542 g/mol. The Labute approximate surface area is 233 Å². The smallest absolute Gasteiger partial charge is 0.326 e. The topological polar surface area (TPSA) is 133 Å². The van der Waals surface area contributed by atoms with Crippen LogP contribution in [0.5, 0.6) is 0 Å². The first kappa shape index (κ1) is 28.5. The van der Waals surface area contributed by atoms with Crippen molar-refractivity contribution in [1.82, 2.24) is 5.32 Å². The van der Waals surface area contributed by atoms with Gasteiger partial charge in [-0.1, -0.05) is 68.4 Å². The Hall–Kier alpha value is -4.46. The Bertz CT molecular complexity index is 1400. The maximum Gasteiger partial charge on any atom is 0.326 e. The molecule has 0 saturated heterocycles. The van der Waals surface area contributed by atoms with E-state index in [1.165, 1.54) is 0 Å². The number of carboxylic acid groups (broad SMARTS) is 2. The molecule has 8 nitrogen and oxygen atoms in total. The largest absolute Gasteiger partial charge is 0.481 e. The van der Waals surface area contributed by atoms with Crippen LogP contribution >= 0.6 is 0 Å². The fourth-order valence-corrected chi connectivity index (χ4v) is 5.42. The maximum atomic E-state index is 13.1. The van der Waals surface area contributed by atoms with E-state index >= 15 is 0 Å². The van der Waals surface area contributed by atoms with Crippen molar-refractivity contribution in [2.45, 2.75) is 46.1 Å². The summed E-state index contributed by atoms with van der Waals surface area (Å²) in [5.41, 5.74) is 1.89. The van der Waals surface area contributed by atoms with Crippen molar-refractivity contribution in [1.29, 1.82) is 0 Å². The molecule has 4 N–H and O–H groups in total. The Morgan fingerprint density at radius 2 is 1.45 bits per heavy atom. The summed E-state index contributed by atoms with van der Waals surface area (Å²) in [4.78, 5) is 49.7. The van der Waals surface area contributed by atoms with Gasteiger partial charge in [-0.3, -0.25) is 14.4 Å². The molecule has 0 aromatic heterocycles. The van der Waals surface area contributed by atoms with Crippen molar-refractivity contribution in [3.63, 3.8) is 0 Å². The van der Waals surface area contributed by atoms with Gasteiger partial charge in [0.2, 0.25) is 5.91 Å². The molecule has 0 spiro atoms. The summed E-state index contributed by atoms with van der Waals surface area (Å²) in [6, 6.07) is 22.8. The summed E-state index contributed by atoms with van der Waals surface area (Å²) < 4.78 is 0. The van der Waals surface area contributed by atoms with E-state index < -0.39 is 40.6 Å². The molecule has 8 heteroatoms. The van der Waals surface area contributed by atoms with Crippen LogP contribution in [0.2, 0.25) is 0 Å². The molecule has 1 aliphatic rings. The van der Waals surface area contributed by atoms with E-state index in [0.717, 1.165) is 11.1 Å². The van der Waals surface area contributed by atoms with Gasteiger partial charge in [0.25, 0.3) is 5.91 Å². The van der Waals surface area contributed by atoms with E-state index in [0.29, 0.717) is 29.7 Å². The van der Waals surface area contributed by atoms with E-state index in [4.69, 9.17) is 0 Å². The molecular formula is C32H34N2O6. The number of carbonyl (C=O) groups is 4. The first-order valence-electron chi connectivity index (χ1n) is 13.2. The van der Waals surface area contributed by atoms with Gasteiger partial charge in [-0.15, -0.1) is 0 Å². The second-order valence-electron chi connectivity index (χ2n) is 11.1. The van der Waals surface area contributed by atoms with Crippen LogP contribution in [0.4, 0.5) is 5.69 Å². The molecule has 1 fully saturated rings. The van der Waals surface area contributed by atoms with Crippen molar-refractivity contribution in [2.75, 3.05) is 5.32 Å². The van der Waals surface area contributed by atoms with Crippen LogP contribution in [0.15, 0.2) is 78.9 Å². The summed E-state index contributed by atoms with van der Waals surface area (Å²) in [6.07, 6.45) is 0.728. The number of hydrogen-bond acceptors (Lipinski definition) is 4. The molecule has 3 aromatic rings. The lowest BCUT2D eigenvalue weighted by molar-refractivity contribution is -0.155. The highest BCUT2D eigenvalue weighted by molar-refractivity contribution is 6.04. The summed E-state index contributed by atoms with van der Waals surface area (Å²) in [6.45, 7) is 5.12. The molecule has 1 saturated carbocycles. The average Bonchev–Trinajstić information content (AvgIpc) is 3.18. The number of carboxylic acids is 2. The zero-order valence-corrected chi connectivity index (χ0v) is 22.8. The van der Waals surface area contributed by atoms with Crippen LogP contribution in [0.1, 0.15) is 49.5 Å². The number of aliphatic carboxylic acids is 2. The zero-order chi connectivity index (χ0) is 29.1. The highest BCUT2D eigenvalue weighted by atomic mass is 16.4. The van der Waals surface area contributed by atoms with Gasteiger partial charge in [-0.25, -0.2) is 4.79 Å². The van der Waals surface area contributed by atoms with Crippen LogP contribution in [-0.2, 0) is 20.8 Å². The number of benzene rings is 3. The number of carbonyl (C=O) groups excluding carboxylic acids is 2. The first-order chi connectivity index (χ1) is 18.9. The molecule has 0 unspecified atom stereocenters. The van der Waals surface area contributed by atoms with Crippen LogP contribution in [0, 0.1) is 16.7 Å². The lowest BCUT2D eigenvalue weighted by Gasteiger charge is -2.38. The predicted molar refractivity (Wildman–Crippen MR) is 152 cm³/mol. The Kier molecular flexibility index (Phi) is 8.09. The van der Waals surface area contributed by atoms with E-state index in [1.54, 1.807) is 45.0 Å². The lowest BCUT2D eigenvalue weighted by atomic mass is 9.65. The van der Waals surface area contributed by atoms with E-state index in [1.807, 2.05) is 54.6 Å². The molecule has 0 heterocycles. The van der Waals surface area contributed by atoms with Crippen molar-refractivity contribution >= 4 is 29.4 Å². The number of nitrogens with one attached hydrogen (secondary N) is 2. The Morgan fingerprint density at radius 1 is 0.850 bits per heavy atom. The van der Waals surface area contributed by atoms with Gasteiger partial charge in [0.05, 0.1) is 5.41 Å². The summed E-state index contributed by atoms with van der Waals surface area (Å²) in [7, 11) is 0. The Balaban J connectivity index is 1.37. The van der Waals surface area contributed by atoms with Crippen molar-refractivity contribution in [2.24, 2.45) is 16.7 Å². The summed E-state index contributed by atoms with van der Waals surface area (Å²) >= 11 is 0. The zero-order valence-electron chi connectivity index (χ0n) is 22.8. The highest BCUT2D eigenvalue weighted by Gasteiger charge is 2.58. The molecule has 0 radical (unpaired) electrons. The standard InChI is InChI=1S/C32H34N2O6/c1-31(2)25(17-18-32(31,3)30(39)40)28(36)34-26(29(37)38)19-20-9-11-23(12-10-20)27(35)33-24-15-13-22(14-16-24)21-7-5-4-6-8-21/h4-16,25-26H,17-19H2,1-3H3,(H,33,35)(H,34,36)(H,37,38)(H,39,40)/t25-,26+,32+/m1/s1. The molecule has 0 bridgehead atoms. The number of anilines is 1. The summed E-state index contributed by atoms with van der Waals surface area (Å²) in [5.74, 6) is -3.53. The minimum atomic E-state index is -1.19. The van der Waals surface area contributed by atoms with Crippen LogP contribution in [0.25, 0.3) is 11.1 Å².